The molecule has 6 heteroatoms. The van der Waals surface area contributed by atoms with E-state index in [0.717, 1.165) is 35.9 Å². The van der Waals surface area contributed by atoms with E-state index in [2.05, 4.69) is 4.98 Å². The number of allylic oxidation sites excluding steroid dienone is 1. The summed E-state index contributed by atoms with van der Waals surface area (Å²) >= 11 is 1.04. The molecule has 0 atom stereocenters. The molecular formula is C16H17N3O2S. The second-order valence-corrected chi connectivity index (χ2v) is 6.10. The number of unbranched alkanes of at least 4 members (excludes halogenated alkanes) is 1. The van der Waals surface area contributed by atoms with Gasteiger partial charge in [0.1, 0.15) is 5.65 Å². The Morgan fingerprint density at radius 3 is 3.00 bits per heavy atom. The number of hydrogen-bond donors (Lipinski definition) is 0. The van der Waals surface area contributed by atoms with Gasteiger partial charge in [0, 0.05) is 31.1 Å². The monoisotopic (exact) mass is 315 g/mol. The number of hydrogen-bond acceptors (Lipinski definition) is 4. The lowest BCUT2D eigenvalue weighted by atomic mass is 10.2. The lowest BCUT2D eigenvalue weighted by molar-refractivity contribution is -0.122. The Morgan fingerprint density at radius 2 is 2.18 bits per heavy atom. The molecule has 0 N–H and O–H groups in total. The van der Waals surface area contributed by atoms with E-state index in [1.807, 2.05) is 41.8 Å². The molecule has 3 rings (SSSR count). The Morgan fingerprint density at radius 1 is 1.32 bits per heavy atom. The molecular weight excluding hydrogens is 298 g/mol. The smallest absolute Gasteiger partial charge is 0.293 e. The predicted octanol–water partition coefficient (Wildman–Crippen LogP) is 3.26. The summed E-state index contributed by atoms with van der Waals surface area (Å²) in [7, 11) is 0. The van der Waals surface area contributed by atoms with Gasteiger partial charge in [-0.2, -0.15) is 0 Å². The Bertz CT molecular complexity index is 751. The van der Waals surface area contributed by atoms with Gasteiger partial charge in [0.05, 0.1) is 4.91 Å². The number of carbonyl (C=O) groups is 2. The molecule has 114 valence electrons. The molecule has 1 saturated heterocycles. The van der Waals surface area contributed by atoms with Gasteiger partial charge in [0.15, 0.2) is 0 Å². The van der Waals surface area contributed by atoms with Crippen molar-refractivity contribution in [1.82, 2.24) is 14.3 Å². The van der Waals surface area contributed by atoms with Crippen LogP contribution in [-0.2, 0) is 11.2 Å². The number of amides is 2. The molecule has 0 spiro atoms. The highest BCUT2D eigenvalue weighted by molar-refractivity contribution is 8.18. The van der Waals surface area contributed by atoms with Crippen molar-refractivity contribution in [2.75, 3.05) is 6.54 Å². The maximum Gasteiger partial charge on any atom is 0.293 e. The van der Waals surface area contributed by atoms with E-state index in [-0.39, 0.29) is 11.1 Å². The molecule has 0 radical (unpaired) electrons. The molecule has 0 unspecified atom stereocenters. The van der Waals surface area contributed by atoms with Crippen LogP contribution in [0.5, 0.6) is 0 Å². The fourth-order valence-electron chi connectivity index (χ4n) is 2.44. The molecule has 1 fully saturated rings. The van der Waals surface area contributed by atoms with E-state index in [9.17, 15) is 9.59 Å². The van der Waals surface area contributed by atoms with E-state index in [1.165, 1.54) is 4.90 Å². The number of nitrogens with zero attached hydrogens (tertiary/aromatic N) is 3. The third-order valence-corrected chi connectivity index (χ3v) is 4.55. The van der Waals surface area contributed by atoms with Crippen LogP contribution in [0.25, 0.3) is 5.65 Å². The van der Waals surface area contributed by atoms with Gasteiger partial charge in [-0.05, 0) is 30.3 Å². The highest BCUT2D eigenvalue weighted by Gasteiger charge is 2.34. The second kappa shape index (κ2) is 6.36. The van der Waals surface area contributed by atoms with Crippen LogP contribution in [0.15, 0.2) is 41.6 Å². The Labute approximate surface area is 133 Å². The van der Waals surface area contributed by atoms with Gasteiger partial charge >= 0.3 is 0 Å². The third-order valence-electron chi connectivity index (χ3n) is 3.60. The van der Waals surface area contributed by atoms with Crippen molar-refractivity contribution in [2.45, 2.75) is 26.2 Å². The molecule has 1 aliphatic rings. The van der Waals surface area contributed by atoms with Gasteiger partial charge < -0.3 is 4.40 Å². The molecule has 2 aromatic heterocycles. The SMILES string of the molecule is CCCC=C1SC(=O)N(CCc2cccc3nccn23)C1=O. The highest BCUT2D eigenvalue weighted by Crippen LogP contribution is 2.31. The molecule has 2 amide bonds. The van der Waals surface area contributed by atoms with Crippen LogP contribution in [-0.4, -0.2) is 32.0 Å². The zero-order chi connectivity index (χ0) is 15.5. The summed E-state index contributed by atoms with van der Waals surface area (Å²) < 4.78 is 1.98. The standard InChI is InChI=1S/C16H17N3O2S/c1-2-3-6-13-15(20)19(16(21)22-13)10-8-12-5-4-7-14-17-9-11-18(12)14/h4-7,9,11H,2-3,8,10H2,1H3. The Kier molecular flexibility index (Phi) is 4.29. The van der Waals surface area contributed by atoms with Crippen molar-refractivity contribution < 1.29 is 9.59 Å². The largest absolute Gasteiger partial charge is 0.304 e. The second-order valence-electron chi connectivity index (χ2n) is 5.10. The Hall–Kier alpha value is -2.08. The van der Waals surface area contributed by atoms with Crippen molar-refractivity contribution in [1.29, 1.82) is 0 Å². The number of imidazole rings is 1. The van der Waals surface area contributed by atoms with Crippen LogP contribution >= 0.6 is 11.8 Å². The topological polar surface area (TPSA) is 54.7 Å². The third kappa shape index (κ3) is 2.78. The first-order chi connectivity index (χ1) is 10.7. The average molecular weight is 315 g/mol. The summed E-state index contributed by atoms with van der Waals surface area (Å²) in [5.74, 6) is -0.166. The van der Waals surface area contributed by atoms with Crippen LogP contribution in [0.4, 0.5) is 4.79 Å². The van der Waals surface area contributed by atoms with Crippen molar-refractivity contribution in [2.24, 2.45) is 0 Å². The van der Waals surface area contributed by atoms with E-state index in [4.69, 9.17) is 0 Å². The van der Waals surface area contributed by atoms with Crippen LogP contribution in [0.1, 0.15) is 25.5 Å². The lowest BCUT2D eigenvalue weighted by Gasteiger charge is -2.13. The van der Waals surface area contributed by atoms with Crippen molar-refractivity contribution >= 4 is 28.6 Å². The minimum atomic E-state index is -0.176. The predicted molar refractivity (Wildman–Crippen MR) is 86.6 cm³/mol. The Balaban J connectivity index is 1.72. The maximum atomic E-state index is 12.3. The maximum absolute atomic E-state index is 12.3. The fraction of sp³-hybridized carbons (Fsp3) is 0.312. The summed E-state index contributed by atoms with van der Waals surface area (Å²) in [5, 5.41) is -0.176. The molecule has 0 saturated carbocycles. The van der Waals surface area contributed by atoms with Crippen LogP contribution in [0.2, 0.25) is 0 Å². The average Bonchev–Trinajstić information content (AvgIpc) is 3.09. The summed E-state index contributed by atoms with van der Waals surface area (Å²) in [4.78, 5) is 30.4. The molecule has 3 heterocycles. The summed E-state index contributed by atoms with van der Waals surface area (Å²) in [5.41, 5.74) is 1.90. The number of imide groups is 1. The number of rotatable bonds is 5. The number of fused-ring (bicyclic) bond motifs is 1. The van der Waals surface area contributed by atoms with Gasteiger partial charge in [-0.25, -0.2) is 4.98 Å². The minimum Gasteiger partial charge on any atom is -0.304 e. The molecule has 1 aliphatic heterocycles. The van der Waals surface area contributed by atoms with Gasteiger partial charge in [-0.3, -0.25) is 14.5 Å². The van der Waals surface area contributed by atoms with Crippen LogP contribution < -0.4 is 0 Å². The molecule has 2 aromatic rings. The van der Waals surface area contributed by atoms with Gasteiger partial charge in [-0.15, -0.1) is 0 Å². The zero-order valence-corrected chi connectivity index (χ0v) is 13.2. The number of pyridine rings is 1. The van der Waals surface area contributed by atoms with Crippen LogP contribution in [0.3, 0.4) is 0 Å². The van der Waals surface area contributed by atoms with Crippen molar-refractivity contribution in [3.05, 3.63) is 47.3 Å². The first kappa shape index (κ1) is 14.8. The normalized spacial score (nSPS) is 17.1. The fourth-order valence-corrected chi connectivity index (χ4v) is 3.31. The first-order valence-electron chi connectivity index (χ1n) is 7.35. The summed E-state index contributed by atoms with van der Waals surface area (Å²) in [6.07, 6.45) is 7.90. The number of aromatic nitrogens is 2. The van der Waals surface area contributed by atoms with E-state index in [0.29, 0.717) is 17.9 Å². The molecule has 0 aliphatic carbocycles. The molecule has 0 aromatic carbocycles. The quantitative estimate of drug-likeness (QED) is 0.795. The number of carbonyl (C=O) groups excluding carboxylic acids is 2. The summed E-state index contributed by atoms with van der Waals surface area (Å²) in [6.45, 7) is 2.44. The van der Waals surface area contributed by atoms with Gasteiger partial charge in [0.2, 0.25) is 0 Å². The van der Waals surface area contributed by atoms with Crippen LogP contribution in [0, 0.1) is 0 Å². The van der Waals surface area contributed by atoms with Gasteiger partial charge in [0.25, 0.3) is 11.1 Å². The summed E-state index contributed by atoms with van der Waals surface area (Å²) in [6, 6.07) is 5.85. The van der Waals surface area contributed by atoms with E-state index >= 15 is 0 Å². The van der Waals surface area contributed by atoms with E-state index in [1.54, 1.807) is 6.20 Å². The number of thioether (sulfide) groups is 1. The van der Waals surface area contributed by atoms with Gasteiger partial charge in [-0.1, -0.05) is 25.5 Å². The molecule has 22 heavy (non-hydrogen) atoms. The van der Waals surface area contributed by atoms with Crippen molar-refractivity contribution in [3.8, 4) is 0 Å². The first-order valence-corrected chi connectivity index (χ1v) is 8.17. The minimum absolute atomic E-state index is 0.166. The van der Waals surface area contributed by atoms with E-state index < -0.39 is 0 Å². The molecule has 0 bridgehead atoms. The lowest BCUT2D eigenvalue weighted by Crippen LogP contribution is -2.30. The van der Waals surface area contributed by atoms with Crippen molar-refractivity contribution in [3.63, 3.8) is 0 Å². The zero-order valence-electron chi connectivity index (χ0n) is 12.4. The highest BCUT2D eigenvalue weighted by atomic mass is 32.2. The molecule has 5 nitrogen and oxygen atoms in total.